The normalized spacial score (nSPS) is 28.1. The number of para-hydroxylation sites is 1. The number of likely N-dealkylation sites (tertiary alicyclic amines) is 2. The summed E-state index contributed by atoms with van der Waals surface area (Å²) in [6, 6.07) is 11.0. The molecule has 2 atom stereocenters. The van der Waals surface area contributed by atoms with Gasteiger partial charge in [-0.1, -0.05) is 24.6 Å². The summed E-state index contributed by atoms with van der Waals surface area (Å²) in [5, 5.41) is 0. The third kappa shape index (κ3) is 3.90. The quantitative estimate of drug-likeness (QED) is 0.810. The van der Waals surface area contributed by atoms with E-state index < -0.39 is 0 Å². The summed E-state index contributed by atoms with van der Waals surface area (Å²) in [5.74, 6) is 3.29. The number of ether oxygens (including phenoxy) is 1. The fourth-order valence-electron chi connectivity index (χ4n) is 5.05. The summed E-state index contributed by atoms with van der Waals surface area (Å²) < 4.78 is 6.16. The van der Waals surface area contributed by atoms with Crippen LogP contribution in [0.5, 0.6) is 5.75 Å². The number of hydrogen-bond acceptors (Lipinski definition) is 3. The third-order valence-corrected chi connectivity index (χ3v) is 6.91. The van der Waals surface area contributed by atoms with E-state index >= 15 is 0 Å². The predicted octanol–water partition coefficient (Wildman–Crippen LogP) is 3.42. The van der Waals surface area contributed by atoms with Crippen molar-refractivity contribution in [2.45, 2.75) is 45.1 Å². The molecule has 2 saturated heterocycles. The highest BCUT2D eigenvalue weighted by molar-refractivity contribution is 5.73. The molecule has 142 valence electrons. The summed E-state index contributed by atoms with van der Waals surface area (Å²) in [6.45, 7) is 6.82. The van der Waals surface area contributed by atoms with E-state index in [0.717, 1.165) is 50.2 Å². The lowest BCUT2D eigenvalue weighted by Gasteiger charge is -2.37. The van der Waals surface area contributed by atoms with Gasteiger partial charge in [0.25, 0.3) is 0 Å². The zero-order valence-electron chi connectivity index (χ0n) is 16.0. The van der Waals surface area contributed by atoms with E-state index in [0.29, 0.717) is 11.8 Å². The second-order valence-electron chi connectivity index (χ2n) is 8.43. The first-order valence-corrected chi connectivity index (χ1v) is 10.4. The number of carbonyl (C=O) groups is 1. The zero-order valence-corrected chi connectivity index (χ0v) is 16.0. The number of hydrogen-bond donors (Lipinski definition) is 0. The Morgan fingerprint density at radius 1 is 1.08 bits per heavy atom. The van der Waals surface area contributed by atoms with Gasteiger partial charge >= 0.3 is 0 Å². The molecule has 4 nitrogen and oxygen atoms in total. The molecular weight excluding hydrogens is 324 g/mol. The molecular formula is C22H32N2O2. The lowest BCUT2D eigenvalue weighted by Crippen LogP contribution is -2.41. The molecule has 0 unspecified atom stereocenters. The van der Waals surface area contributed by atoms with Gasteiger partial charge in [0.05, 0.1) is 6.61 Å². The predicted molar refractivity (Wildman–Crippen MR) is 103 cm³/mol. The largest absolute Gasteiger partial charge is 0.493 e. The lowest BCUT2D eigenvalue weighted by atomic mass is 9.78. The summed E-state index contributed by atoms with van der Waals surface area (Å²) in [7, 11) is 0. The molecule has 0 N–H and O–H groups in total. The average molecular weight is 357 g/mol. The number of piperidine rings is 1. The van der Waals surface area contributed by atoms with Gasteiger partial charge in [0, 0.05) is 45.1 Å². The molecule has 0 spiro atoms. The first-order chi connectivity index (χ1) is 12.7. The van der Waals surface area contributed by atoms with Crippen LogP contribution >= 0.6 is 0 Å². The maximum atomic E-state index is 11.6. The van der Waals surface area contributed by atoms with E-state index in [9.17, 15) is 4.79 Å². The third-order valence-electron chi connectivity index (χ3n) is 6.91. The van der Waals surface area contributed by atoms with Gasteiger partial charge in [-0.05, 0) is 49.7 Å². The van der Waals surface area contributed by atoms with Crippen molar-refractivity contribution < 1.29 is 9.53 Å². The van der Waals surface area contributed by atoms with Gasteiger partial charge in [0.15, 0.2) is 0 Å². The Bertz CT molecular complexity index is 593. The van der Waals surface area contributed by atoms with Crippen LogP contribution in [-0.2, 0) is 4.79 Å². The van der Waals surface area contributed by atoms with Crippen molar-refractivity contribution in [3.8, 4) is 5.75 Å². The van der Waals surface area contributed by atoms with Crippen LogP contribution in [-0.4, -0.2) is 54.5 Å². The molecule has 4 rings (SSSR count). The Morgan fingerprint density at radius 3 is 2.42 bits per heavy atom. The Balaban J connectivity index is 1.39. The summed E-state index contributed by atoms with van der Waals surface area (Å²) in [6.07, 6.45) is 6.47. The molecule has 0 bridgehead atoms. The van der Waals surface area contributed by atoms with E-state index in [1.807, 2.05) is 23.1 Å². The molecule has 1 amide bonds. The minimum Gasteiger partial charge on any atom is -0.493 e. The molecule has 0 radical (unpaired) electrons. The van der Waals surface area contributed by atoms with Crippen molar-refractivity contribution in [2.24, 2.45) is 17.8 Å². The topological polar surface area (TPSA) is 32.8 Å². The van der Waals surface area contributed by atoms with Crippen LogP contribution in [0.15, 0.2) is 30.3 Å². The summed E-state index contributed by atoms with van der Waals surface area (Å²) >= 11 is 0. The SMILES string of the molecule is CC(=O)N1CCC([C@@H]2CN(C3CCC3)C[C@H]2COc2ccccc2)CC1. The fourth-order valence-corrected chi connectivity index (χ4v) is 5.05. The lowest BCUT2D eigenvalue weighted by molar-refractivity contribution is -0.130. The second-order valence-corrected chi connectivity index (χ2v) is 8.43. The van der Waals surface area contributed by atoms with Gasteiger partial charge in [0.1, 0.15) is 5.75 Å². The minimum absolute atomic E-state index is 0.231. The summed E-state index contributed by atoms with van der Waals surface area (Å²) in [4.78, 5) is 16.4. The van der Waals surface area contributed by atoms with Crippen LogP contribution in [0.3, 0.4) is 0 Å². The molecule has 4 heteroatoms. The van der Waals surface area contributed by atoms with Gasteiger partial charge < -0.3 is 9.64 Å². The van der Waals surface area contributed by atoms with Gasteiger partial charge in [-0.3, -0.25) is 9.69 Å². The first kappa shape index (κ1) is 17.8. The number of nitrogens with zero attached hydrogens (tertiary/aromatic N) is 2. The van der Waals surface area contributed by atoms with Crippen molar-refractivity contribution in [2.75, 3.05) is 32.8 Å². The van der Waals surface area contributed by atoms with Gasteiger partial charge in [0.2, 0.25) is 5.91 Å². The molecule has 1 aliphatic carbocycles. The fraction of sp³-hybridized carbons (Fsp3) is 0.682. The minimum atomic E-state index is 0.231. The van der Waals surface area contributed by atoms with Crippen LogP contribution in [0.4, 0.5) is 0 Å². The number of amides is 1. The second kappa shape index (κ2) is 7.99. The highest BCUT2D eigenvalue weighted by Gasteiger charge is 2.42. The smallest absolute Gasteiger partial charge is 0.219 e. The van der Waals surface area contributed by atoms with Gasteiger partial charge in [-0.25, -0.2) is 0 Å². The van der Waals surface area contributed by atoms with Crippen molar-refractivity contribution in [1.29, 1.82) is 0 Å². The Morgan fingerprint density at radius 2 is 1.81 bits per heavy atom. The number of carbonyl (C=O) groups excluding carboxylic acids is 1. The highest BCUT2D eigenvalue weighted by atomic mass is 16.5. The van der Waals surface area contributed by atoms with Crippen molar-refractivity contribution in [1.82, 2.24) is 9.80 Å². The van der Waals surface area contributed by atoms with E-state index in [1.54, 1.807) is 6.92 Å². The molecule has 1 aromatic carbocycles. The Kier molecular flexibility index (Phi) is 5.49. The Hall–Kier alpha value is -1.55. The summed E-state index contributed by atoms with van der Waals surface area (Å²) in [5.41, 5.74) is 0. The molecule has 3 fully saturated rings. The standard InChI is InChI=1S/C22H32N2O2/c1-17(25)23-12-10-18(11-13-23)22-15-24(20-6-5-7-20)14-19(22)16-26-21-8-3-2-4-9-21/h2-4,8-9,18-20,22H,5-7,10-16H2,1H3/t19-,22-/m0/s1. The molecule has 1 aromatic rings. The van der Waals surface area contributed by atoms with E-state index in [4.69, 9.17) is 4.74 Å². The average Bonchev–Trinajstić information content (AvgIpc) is 3.03. The number of rotatable bonds is 5. The first-order valence-electron chi connectivity index (χ1n) is 10.4. The van der Waals surface area contributed by atoms with E-state index in [1.165, 1.54) is 32.4 Å². The maximum Gasteiger partial charge on any atom is 0.219 e. The zero-order chi connectivity index (χ0) is 17.9. The van der Waals surface area contributed by atoms with Crippen LogP contribution in [0, 0.1) is 17.8 Å². The van der Waals surface area contributed by atoms with Crippen LogP contribution in [0.2, 0.25) is 0 Å². The van der Waals surface area contributed by atoms with Crippen LogP contribution in [0.1, 0.15) is 39.0 Å². The monoisotopic (exact) mass is 356 g/mol. The van der Waals surface area contributed by atoms with Gasteiger partial charge in [-0.2, -0.15) is 0 Å². The Labute approximate surface area is 157 Å². The van der Waals surface area contributed by atoms with E-state index in [2.05, 4.69) is 17.0 Å². The molecule has 26 heavy (non-hydrogen) atoms. The molecule has 2 aliphatic heterocycles. The molecule has 2 heterocycles. The van der Waals surface area contributed by atoms with Gasteiger partial charge in [-0.15, -0.1) is 0 Å². The van der Waals surface area contributed by atoms with Crippen LogP contribution < -0.4 is 4.74 Å². The molecule has 1 saturated carbocycles. The highest BCUT2D eigenvalue weighted by Crippen LogP contribution is 2.39. The molecule has 3 aliphatic rings. The van der Waals surface area contributed by atoms with Crippen molar-refractivity contribution >= 4 is 5.91 Å². The molecule has 0 aromatic heterocycles. The van der Waals surface area contributed by atoms with Crippen molar-refractivity contribution in [3.63, 3.8) is 0 Å². The van der Waals surface area contributed by atoms with E-state index in [-0.39, 0.29) is 5.91 Å². The van der Waals surface area contributed by atoms with Crippen molar-refractivity contribution in [3.05, 3.63) is 30.3 Å². The van der Waals surface area contributed by atoms with Crippen LogP contribution in [0.25, 0.3) is 0 Å². The maximum absolute atomic E-state index is 11.6. The number of benzene rings is 1.